The lowest BCUT2D eigenvalue weighted by Gasteiger charge is -2.28. The summed E-state index contributed by atoms with van der Waals surface area (Å²) in [7, 11) is 0. The van der Waals surface area contributed by atoms with E-state index < -0.39 is 5.54 Å². The van der Waals surface area contributed by atoms with Crippen LogP contribution in [-0.4, -0.2) is 12.6 Å². The molecule has 1 aromatic carbocycles. The van der Waals surface area contributed by atoms with E-state index in [1.807, 2.05) is 30.3 Å². The zero-order chi connectivity index (χ0) is 11.6. The van der Waals surface area contributed by atoms with Gasteiger partial charge in [0.05, 0.1) is 6.67 Å². The molecule has 1 aliphatic rings. The topological polar surface area (TPSA) is 41.1 Å². The van der Waals surface area contributed by atoms with Crippen molar-refractivity contribution < 1.29 is 4.79 Å². The maximum Gasteiger partial charge on any atom is 0.245 e. The Morgan fingerprint density at radius 3 is 2.50 bits per heavy atom. The van der Waals surface area contributed by atoms with E-state index >= 15 is 0 Å². The van der Waals surface area contributed by atoms with Crippen LogP contribution in [0.2, 0.25) is 0 Å². The Morgan fingerprint density at radius 1 is 1.31 bits per heavy atom. The Hall–Kier alpha value is -1.35. The molecule has 1 fully saturated rings. The number of hydrogen-bond acceptors (Lipinski definition) is 2. The number of carbonyl (C=O) groups is 1. The van der Waals surface area contributed by atoms with E-state index in [2.05, 4.69) is 24.5 Å². The first-order chi connectivity index (χ1) is 7.65. The molecule has 0 saturated carbocycles. The van der Waals surface area contributed by atoms with Crippen molar-refractivity contribution in [2.45, 2.75) is 25.8 Å². The quantitative estimate of drug-likeness (QED) is 0.809. The molecule has 1 atom stereocenters. The fourth-order valence-corrected chi connectivity index (χ4v) is 2.36. The molecule has 0 bridgehead atoms. The lowest BCUT2D eigenvalue weighted by atomic mass is 9.82. The molecule has 0 radical (unpaired) electrons. The van der Waals surface area contributed by atoms with Gasteiger partial charge in [-0.05, 0) is 17.9 Å². The molecule has 1 aliphatic heterocycles. The predicted molar refractivity (Wildman–Crippen MR) is 63.7 cm³/mol. The highest BCUT2D eigenvalue weighted by Gasteiger charge is 2.43. The van der Waals surface area contributed by atoms with Gasteiger partial charge in [-0.25, -0.2) is 0 Å². The summed E-state index contributed by atoms with van der Waals surface area (Å²) in [6.45, 7) is 4.83. The van der Waals surface area contributed by atoms with Crippen molar-refractivity contribution >= 4 is 5.91 Å². The van der Waals surface area contributed by atoms with E-state index in [1.165, 1.54) is 0 Å². The minimum Gasteiger partial charge on any atom is -0.342 e. The Balaban J connectivity index is 2.39. The summed E-state index contributed by atoms with van der Waals surface area (Å²) < 4.78 is 0. The molecule has 2 N–H and O–H groups in total. The molecule has 0 aliphatic carbocycles. The summed E-state index contributed by atoms with van der Waals surface area (Å²) in [6.07, 6.45) is 0.822. The smallest absolute Gasteiger partial charge is 0.245 e. The van der Waals surface area contributed by atoms with Crippen LogP contribution in [0.5, 0.6) is 0 Å². The number of rotatable bonds is 3. The molecule has 3 nitrogen and oxygen atoms in total. The van der Waals surface area contributed by atoms with E-state index in [4.69, 9.17) is 0 Å². The van der Waals surface area contributed by atoms with Crippen LogP contribution in [0.1, 0.15) is 25.8 Å². The number of hydrogen-bond donors (Lipinski definition) is 2. The Labute approximate surface area is 96.2 Å². The van der Waals surface area contributed by atoms with Crippen LogP contribution in [0.25, 0.3) is 0 Å². The summed E-state index contributed by atoms with van der Waals surface area (Å²) in [5.41, 5.74) is 0.522. The molecule has 3 heteroatoms. The maximum absolute atomic E-state index is 12.1. The molecule has 86 valence electrons. The number of amides is 1. The molecule has 1 aromatic rings. The third-order valence-electron chi connectivity index (χ3n) is 3.01. The van der Waals surface area contributed by atoms with Crippen LogP contribution in [0.15, 0.2) is 30.3 Å². The van der Waals surface area contributed by atoms with Crippen molar-refractivity contribution in [2.75, 3.05) is 6.67 Å². The van der Waals surface area contributed by atoms with Crippen LogP contribution < -0.4 is 10.6 Å². The second-order valence-corrected chi connectivity index (χ2v) is 4.73. The largest absolute Gasteiger partial charge is 0.342 e. The van der Waals surface area contributed by atoms with Crippen molar-refractivity contribution in [3.8, 4) is 0 Å². The molecule has 0 spiro atoms. The Morgan fingerprint density at radius 2 is 2.00 bits per heavy atom. The standard InChI is InChI=1S/C13H18N2O/c1-10(2)8-13(12(16)14-9-15-13)11-6-4-3-5-7-11/h3-7,10,15H,8-9H2,1-2H3,(H,14,16). The number of carbonyl (C=O) groups excluding carboxylic acids is 1. The van der Waals surface area contributed by atoms with Gasteiger partial charge in [0.1, 0.15) is 5.54 Å². The van der Waals surface area contributed by atoms with Gasteiger partial charge in [-0.3, -0.25) is 10.1 Å². The summed E-state index contributed by atoms with van der Waals surface area (Å²) in [6, 6.07) is 9.95. The van der Waals surface area contributed by atoms with Gasteiger partial charge in [-0.15, -0.1) is 0 Å². The maximum atomic E-state index is 12.1. The lowest BCUT2D eigenvalue weighted by Crippen LogP contribution is -2.44. The highest BCUT2D eigenvalue weighted by molar-refractivity contribution is 5.89. The van der Waals surface area contributed by atoms with Crippen molar-refractivity contribution in [2.24, 2.45) is 5.92 Å². The zero-order valence-electron chi connectivity index (χ0n) is 9.79. The molecular formula is C13H18N2O. The fourth-order valence-electron chi connectivity index (χ4n) is 2.36. The molecule has 0 aromatic heterocycles. The first-order valence-electron chi connectivity index (χ1n) is 5.74. The number of benzene rings is 1. The SMILES string of the molecule is CC(C)CC1(c2ccccc2)NCNC1=O. The summed E-state index contributed by atoms with van der Waals surface area (Å²) >= 11 is 0. The highest BCUT2D eigenvalue weighted by Crippen LogP contribution is 2.30. The summed E-state index contributed by atoms with van der Waals surface area (Å²) in [5, 5.41) is 6.17. The average Bonchev–Trinajstić information content (AvgIpc) is 2.62. The monoisotopic (exact) mass is 218 g/mol. The van der Waals surface area contributed by atoms with Gasteiger partial charge < -0.3 is 5.32 Å². The highest BCUT2D eigenvalue weighted by atomic mass is 16.2. The van der Waals surface area contributed by atoms with Crippen LogP contribution in [0.3, 0.4) is 0 Å². The van der Waals surface area contributed by atoms with Gasteiger partial charge in [0.2, 0.25) is 5.91 Å². The number of nitrogens with one attached hydrogen (secondary N) is 2. The predicted octanol–water partition coefficient (Wildman–Crippen LogP) is 1.60. The first-order valence-corrected chi connectivity index (χ1v) is 5.74. The summed E-state index contributed by atoms with van der Waals surface area (Å²) in [4.78, 5) is 12.1. The third kappa shape index (κ3) is 1.83. The van der Waals surface area contributed by atoms with E-state index in [0.29, 0.717) is 12.6 Å². The lowest BCUT2D eigenvalue weighted by molar-refractivity contribution is -0.125. The second kappa shape index (κ2) is 4.26. The van der Waals surface area contributed by atoms with Crippen molar-refractivity contribution in [3.05, 3.63) is 35.9 Å². The van der Waals surface area contributed by atoms with Gasteiger partial charge in [-0.2, -0.15) is 0 Å². The van der Waals surface area contributed by atoms with Crippen LogP contribution >= 0.6 is 0 Å². The minimum absolute atomic E-state index is 0.0902. The first kappa shape index (κ1) is 11.1. The van der Waals surface area contributed by atoms with Crippen molar-refractivity contribution in [3.63, 3.8) is 0 Å². The van der Waals surface area contributed by atoms with Gasteiger partial charge >= 0.3 is 0 Å². The van der Waals surface area contributed by atoms with E-state index in [9.17, 15) is 4.79 Å². The van der Waals surface area contributed by atoms with Gasteiger partial charge in [0.15, 0.2) is 0 Å². The Bertz CT molecular complexity index is 375. The summed E-state index contributed by atoms with van der Waals surface area (Å²) in [5.74, 6) is 0.559. The third-order valence-corrected chi connectivity index (χ3v) is 3.01. The average molecular weight is 218 g/mol. The van der Waals surface area contributed by atoms with Gasteiger partial charge in [0.25, 0.3) is 0 Å². The van der Waals surface area contributed by atoms with E-state index in [1.54, 1.807) is 0 Å². The van der Waals surface area contributed by atoms with Crippen LogP contribution in [-0.2, 0) is 10.3 Å². The van der Waals surface area contributed by atoms with Gasteiger partial charge in [0, 0.05) is 0 Å². The molecule has 1 unspecified atom stereocenters. The second-order valence-electron chi connectivity index (χ2n) is 4.73. The molecule has 2 rings (SSSR count). The Kier molecular flexibility index (Phi) is 2.97. The van der Waals surface area contributed by atoms with E-state index in [0.717, 1.165) is 12.0 Å². The van der Waals surface area contributed by atoms with E-state index in [-0.39, 0.29) is 5.91 Å². The minimum atomic E-state index is -0.532. The fraction of sp³-hybridized carbons (Fsp3) is 0.462. The molecule has 1 heterocycles. The zero-order valence-corrected chi connectivity index (χ0v) is 9.79. The van der Waals surface area contributed by atoms with Gasteiger partial charge in [-0.1, -0.05) is 44.2 Å². The molecule has 1 saturated heterocycles. The molecule has 1 amide bonds. The van der Waals surface area contributed by atoms with Crippen molar-refractivity contribution in [1.82, 2.24) is 10.6 Å². The van der Waals surface area contributed by atoms with Crippen LogP contribution in [0.4, 0.5) is 0 Å². The van der Waals surface area contributed by atoms with Crippen molar-refractivity contribution in [1.29, 1.82) is 0 Å². The normalized spacial score (nSPS) is 24.8. The molecule has 16 heavy (non-hydrogen) atoms. The van der Waals surface area contributed by atoms with Crippen LogP contribution in [0, 0.1) is 5.92 Å². The molecular weight excluding hydrogens is 200 g/mol.